The number of piperidine rings is 1. The monoisotopic (exact) mass is 594 g/mol. The van der Waals surface area contributed by atoms with E-state index in [9.17, 15) is 14.4 Å². The molecule has 0 radical (unpaired) electrons. The van der Waals surface area contributed by atoms with Crippen molar-refractivity contribution in [2.24, 2.45) is 7.05 Å². The number of likely N-dealkylation sites (tertiary alicyclic amines) is 1. The van der Waals surface area contributed by atoms with Crippen LogP contribution in [0.1, 0.15) is 39.2 Å². The topological polar surface area (TPSA) is 122 Å². The van der Waals surface area contributed by atoms with Gasteiger partial charge in [0.1, 0.15) is 35.3 Å². The van der Waals surface area contributed by atoms with Gasteiger partial charge in [-0.1, -0.05) is 18.2 Å². The first-order chi connectivity index (χ1) is 20.5. The number of aryl methyl sites for hydroxylation is 1. The lowest BCUT2D eigenvalue weighted by Crippen LogP contribution is -2.49. The lowest BCUT2D eigenvalue weighted by Gasteiger charge is -2.34. The van der Waals surface area contributed by atoms with Crippen molar-refractivity contribution >= 4 is 28.9 Å². The zero-order valence-electron chi connectivity index (χ0n) is 25.2. The van der Waals surface area contributed by atoms with E-state index in [-0.39, 0.29) is 50.1 Å². The maximum atomic E-state index is 13.3. The summed E-state index contributed by atoms with van der Waals surface area (Å²) in [5, 5.41) is 0. The van der Waals surface area contributed by atoms with Gasteiger partial charge in [-0.15, -0.1) is 0 Å². The molecule has 2 aliphatic rings. The number of nitrogens with zero attached hydrogens (tertiary/aromatic N) is 4. The maximum absolute atomic E-state index is 13.3. The summed E-state index contributed by atoms with van der Waals surface area (Å²) in [6.07, 6.45) is -1.12. The number of benzene rings is 2. The van der Waals surface area contributed by atoms with Crippen molar-refractivity contribution in [1.29, 1.82) is 0 Å². The molecule has 0 saturated carbocycles. The SMILES string of the molecule is COc1ccc(CN2C(=O)CCC(Oc3nc4cccc(OC[C@@H]5CN(C(=O)OC(C)(C)C)CCO5)c4n3C)C2=O)cc1. The summed E-state index contributed by atoms with van der Waals surface area (Å²) in [6.45, 7) is 7.04. The summed E-state index contributed by atoms with van der Waals surface area (Å²) in [7, 11) is 3.36. The van der Waals surface area contributed by atoms with E-state index >= 15 is 0 Å². The number of amides is 3. The van der Waals surface area contributed by atoms with E-state index < -0.39 is 17.6 Å². The molecule has 43 heavy (non-hydrogen) atoms. The fraction of sp³-hybridized carbons (Fsp3) is 0.484. The van der Waals surface area contributed by atoms with E-state index in [1.165, 1.54) is 4.90 Å². The summed E-state index contributed by atoms with van der Waals surface area (Å²) in [5.41, 5.74) is 1.54. The van der Waals surface area contributed by atoms with Crippen LogP contribution in [0.15, 0.2) is 42.5 Å². The van der Waals surface area contributed by atoms with Crippen LogP contribution in [0.2, 0.25) is 0 Å². The lowest BCUT2D eigenvalue weighted by atomic mass is 10.1. The summed E-state index contributed by atoms with van der Waals surface area (Å²) < 4.78 is 30.5. The molecule has 3 aromatic rings. The molecule has 12 heteroatoms. The van der Waals surface area contributed by atoms with Crippen LogP contribution in [0.5, 0.6) is 17.5 Å². The average molecular weight is 595 g/mol. The summed E-state index contributed by atoms with van der Waals surface area (Å²) in [6, 6.07) is 13.0. The molecular weight excluding hydrogens is 556 g/mol. The van der Waals surface area contributed by atoms with Gasteiger partial charge in [0.15, 0.2) is 6.10 Å². The molecule has 1 unspecified atom stereocenters. The van der Waals surface area contributed by atoms with Crippen LogP contribution in [0.25, 0.3) is 11.0 Å². The standard InChI is InChI=1S/C31H38N4O8/c1-31(2,3)43-30(38)34-15-16-40-22(18-34)19-41-24-8-6-7-23-27(24)33(4)29(32-23)42-25-13-14-26(36)35(28(25)37)17-20-9-11-21(39-5)12-10-20/h6-12,22,25H,13-19H2,1-5H3/t22-,25?/m0/s1. The van der Waals surface area contributed by atoms with Crippen LogP contribution >= 0.6 is 0 Å². The number of hydrogen-bond donors (Lipinski definition) is 0. The van der Waals surface area contributed by atoms with Gasteiger partial charge in [-0.05, 0) is 50.6 Å². The minimum absolute atomic E-state index is 0.149. The third-order valence-electron chi connectivity index (χ3n) is 7.24. The Kier molecular flexibility index (Phi) is 8.77. The minimum Gasteiger partial charge on any atom is -0.497 e. The molecule has 0 aliphatic carbocycles. The Morgan fingerprint density at radius 2 is 1.88 bits per heavy atom. The zero-order valence-corrected chi connectivity index (χ0v) is 25.2. The van der Waals surface area contributed by atoms with Crippen molar-refractivity contribution in [2.45, 2.75) is 58.0 Å². The molecule has 3 heterocycles. The molecule has 0 spiro atoms. The van der Waals surface area contributed by atoms with Gasteiger partial charge in [0.05, 0.1) is 32.3 Å². The fourth-order valence-corrected chi connectivity index (χ4v) is 5.05. The van der Waals surface area contributed by atoms with Gasteiger partial charge in [0.2, 0.25) is 5.91 Å². The average Bonchev–Trinajstić information content (AvgIpc) is 3.30. The first-order valence-corrected chi connectivity index (χ1v) is 14.3. The van der Waals surface area contributed by atoms with Crippen molar-refractivity contribution in [3.8, 4) is 17.5 Å². The summed E-state index contributed by atoms with van der Waals surface area (Å²) in [4.78, 5) is 46.0. The third kappa shape index (κ3) is 7.02. The van der Waals surface area contributed by atoms with Crippen molar-refractivity contribution in [3.05, 3.63) is 48.0 Å². The minimum atomic E-state index is -0.856. The Bertz CT molecular complexity index is 1480. The number of para-hydroxylation sites is 1. The van der Waals surface area contributed by atoms with E-state index in [1.54, 1.807) is 35.8 Å². The quantitative estimate of drug-likeness (QED) is 0.360. The van der Waals surface area contributed by atoms with Crippen LogP contribution < -0.4 is 14.2 Å². The number of hydrogen-bond acceptors (Lipinski definition) is 9. The van der Waals surface area contributed by atoms with E-state index in [2.05, 4.69) is 4.98 Å². The highest BCUT2D eigenvalue weighted by molar-refractivity contribution is 6.00. The predicted octanol–water partition coefficient (Wildman–Crippen LogP) is 3.69. The number of methoxy groups -OCH3 is 1. The number of carbonyl (C=O) groups excluding carboxylic acids is 3. The molecule has 3 amide bonds. The smallest absolute Gasteiger partial charge is 0.410 e. The predicted molar refractivity (Wildman–Crippen MR) is 156 cm³/mol. The van der Waals surface area contributed by atoms with Crippen molar-refractivity contribution in [2.75, 3.05) is 33.4 Å². The molecule has 230 valence electrons. The number of morpholine rings is 1. The van der Waals surface area contributed by atoms with Gasteiger partial charge in [0.25, 0.3) is 11.9 Å². The molecule has 12 nitrogen and oxygen atoms in total. The van der Waals surface area contributed by atoms with Crippen LogP contribution in [0, 0.1) is 0 Å². The number of fused-ring (bicyclic) bond motifs is 1. The van der Waals surface area contributed by atoms with Crippen LogP contribution in [0.4, 0.5) is 4.79 Å². The Labute approximate surface area is 250 Å². The molecular formula is C31H38N4O8. The first kappa shape index (κ1) is 30.1. The van der Waals surface area contributed by atoms with E-state index in [0.29, 0.717) is 42.2 Å². The highest BCUT2D eigenvalue weighted by atomic mass is 16.6. The van der Waals surface area contributed by atoms with Crippen molar-refractivity contribution in [1.82, 2.24) is 19.4 Å². The third-order valence-corrected chi connectivity index (χ3v) is 7.24. The largest absolute Gasteiger partial charge is 0.497 e. The normalized spacial score (nSPS) is 19.5. The Balaban J connectivity index is 1.25. The molecule has 0 N–H and O–H groups in total. The second-order valence-electron chi connectivity index (χ2n) is 11.6. The number of rotatable bonds is 8. The van der Waals surface area contributed by atoms with Gasteiger partial charge in [-0.2, -0.15) is 4.98 Å². The molecule has 5 rings (SSSR count). The van der Waals surface area contributed by atoms with Gasteiger partial charge in [0, 0.05) is 26.4 Å². The maximum Gasteiger partial charge on any atom is 0.410 e. The second kappa shape index (κ2) is 12.5. The molecule has 2 atom stereocenters. The van der Waals surface area contributed by atoms with Gasteiger partial charge >= 0.3 is 6.09 Å². The molecule has 2 fully saturated rings. The van der Waals surface area contributed by atoms with Crippen LogP contribution in [0.3, 0.4) is 0 Å². The second-order valence-corrected chi connectivity index (χ2v) is 11.6. The first-order valence-electron chi connectivity index (χ1n) is 14.3. The van der Waals surface area contributed by atoms with Gasteiger partial charge < -0.3 is 28.6 Å². The van der Waals surface area contributed by atoms with Crippen LogP contribution in [-0.4, -0.2) is 88.5 Å². The molecule has 2 aliphatic heterocycles. The zero-order chi connectivity index (χ0) is 30.7. The Morgan fingerprint density at radius 1 is 1.12 bits per heavy atom. The van der Waals surface area contributed by atoms with Crippen molar-refractivity contribution in [3.63, 3.8) is 0 Å². The Morgan fingerprint density at radius 3 is 2.60 bits per heavy atom. The molecule has 0 bridgehead atoms. The van der Waals surface area contributed by atoms with Crippen molar-refractivity contribution < 1.29 is 38.1 Å². The number of imide groups is 1. The summed E-state index contributed by atoms with van der Waals surface area (Å²) in [5.74, 6) is 0.614. The highest BCUT2D eigenvalue weighted by Crippen LogP contribution is 2.31. The van der Waals surface area contributed by atoms with Gasteiger partial charge in [-0.25, -0.2) is 4.79 Å². The molecule has 2 saturated heterocycles. The van der Waals surface area contributed by atoms with E-state index in [0.717, 1.165) is 5.56 Å². The van der Waals surface area contributed by atoms with E-state index in [4.69, 9.17) is 23.7 Å². The molecule has 2 aromatic carbocycles. The number of ether oxygens (including phenoxy) is 5. The Hall–Kier alpha value is -4.32. The van der Waals surface area contributed by atoms with Crippen LogP contribution in [-0.2, 0) is 32.7 Å². The lowest BCUT2D eigenvalue weighted by molar-refractivity contribution is -0.155. The highest BCUT2D eigenvalue weighted by Gasteiger charge is 2.37. The summed E-state index contributed by atoms with van der Waals surface area (Å²) >= 11 is 0. The molecule has 1 aromatic heterocycles. The van der Waals surface area contributed by atoms with E-state index in [1.807, 2.05) is 51.1 Å². The number of aromatic nitrogens is 2. The fourth-order valence-electron chi connectivity index (χ4n) is 5.05. The number of imidazole rings is 1. The number of carbonyl (C=O) groups is 3. The van der Waals surface area contributed by atoms with Gasteiger partial charge in [-0.3, -0.25) is 19.1 Å².